The highest BCUT2D eigenvalue weighted by Gasteiger charge is 2.38. The maximum Gasteiger partial charge on any atom is 0.471 e. The summed E-state index contributed by atoms with van der Waals surface area (Å²) >= 11 is 0. The van der Waals surface area contributed by atoms with Crippen molar-refractivity contribution >= 4 is 29.2 Å². The highest BCUT2D eigenvalue weighted by Crippen LogP contribution is 2.14. The number of hydrogen-bond acceptors (Lipinski definition) is 8. The van der Waals surface area contributed by atoms with Crippen molar-refractivity contribution in [1.82, 2.24) is 16.0 Å². The summed E-state index contributed by atoms with van der Waals surface area (Å²) in [6.07, 6.45) is -6.84. The third kappa shape index (κ3) is 9.05. The largest absolute Gasteiger partial charge is 0.471 e. The number of rotatable bonds is 11. The first-order valence-corrected chi connectivity index (χ1v) is 8.90. The fourth-order valence-electron chi connectivity index (χ4n) is 2.15. The van der Waals surface area contributed by atoms with Gasteiger partial charge in [-0.25, -0.2) is 0 Å². The van der Waals surface area contributed by atoms with E-state index >= 15 is 0 Å². The third-order valence-corrected chi connectivity index (χ3v) is 3.92. The number of nitrogens with one attached hydrogen (secondary N) is 3. The molecule has 0 saturated carbocycles. The summed E-state index contributed by atoms with van der Waals surface area (Å²) in [5, 5.41) is 26.0. The number of carbonyl (C=O) groups is 4. The van der Waals surface area contributed by atoms with Gasteiger partial charge in [0.05, 0.1) is 24.1 Å². The molecule has 15 heteroatoms. The Balaban J connectivity index is 2.36. The van der Waals surface area contributed by atoms with Gasteiger partial charge in [0.15, 0.2) is 5.78 Å². The van der Waals surface area contributed by atoms with Crippen LogP contribution < -0.4 is 21.7 Å². The lowest BCUT2D eigenvalue weighted by Gasteiger charge is -2.15. The second-order valence-electron chi connectivity index (χ2n) is 6.42. The number of ketones is 1. The zero-order valence-corrected chi connectivity index (χ0v) is 16.3. The standard InChI is InChI=1S/C17H20F3N5O7/c18-17(19,20)16(30)24-8-14(28)22-7-13(27)11(21)6-23-15(29)12(26)5-9-1-3-10(4-2-9)25(31)32/h1-4,11-12,26H,5-8,21H2,(H,22,28)(H,23,29)(H,24,30). The third-order valence-electron chi connectivity index (χ3n) is 3.92. The number of halogens is 3. The van der Waals surface area contributed by atoms with Gasteiger partial charge in [-0.05, 0) is 5.56 Å². The maximum atomic E-state index is 12.0. The number of aliphatic hydroxyl groups is 1. The monoisotopic (exact) mass is 463 g/mol. The van der Waals surface area contributed by atoms with Gasteiger partial charge in [-0.1, -0.05) is 12.1 Å². The summed E-state index contributed by atoms with van der Waals surface area (Å²) in [6, 6.07) is 3.85. The van der Waals surface area contributed by atoms with Gasteiger partial charge in [-0.2, -0.15) is 13.2 Å². The number of hydrogen-bond donors (Lipinski definition) is 5. The number of amides is 3. The van der Waals surface area contributed by atoms with Gasteiger partial charge in [-0.3, -0.25) is 29.3 Å². The summed E-state index contributed by atoms with van der Waals surface area (Å²) in [4.78, 5) is 55.7. The molecule has 0 bridgehead atoms. The molecule has 0 aromatic heterocycles. The van der Waals surface area contributed by atoms with Crippen molar-refractivity contribution in [3.05, 3.63) is 39.9 Å². The van der Waals surface area contributed by atoms with Gasteiger partial charge in [-0.15, -0.1) is 0 Å². The summed E-state index contributed by atoms with van der Waals surface area (Å²) < 4.78 is 36.0. The molecule has 0 aliphatic carbocycles. The first kappa shape index (κ1) is 26.4. The first-order valence-electron chi connectivity index (χ1n) is 8.90. The molecule has 0 saturated heterocycles. The number of nitro benzene ring substituents is 1. The van der Waals surface area contributed by atoms with Crippen molar-refractivity contribution in [2.75, 3.05) is 19.6 Å². The Labute approximate surface area is 178 Å². The van der Waals surface area contributed by atoms with Crippen molar-refractivity contribution in [3.63, 3.8) is 0 Å². The second-order valence-corrected chi connectivity index (χ2v) is 6.42. The van der Waals surface area contributed by atoms with Gasteiger partial charge >= 0.3 is 12.1 Å². The molecule has 0 radical (unpaired) electrons. The molecule has 1 rings (SSSR count). The average Bonchev–Trinajstić information content (AvgIpc) is 2.73. The minimum atomic E-state index is -5.15. The van der Waals surface area contributed by atoms with E-state index in [2.05, 4.69) is 5.32 Å². The predicted molar refractivity (Wildman–Crippen MR) is 101 cm³/mol. The van der Waals surface area contributed by atoms with Crippen LogP contribution >= 0.6 is 0 Å². The van der Waals surface area contributed by atoms with Gasteiger partial charge in [0, 0.05) is 25.1 Å². The van der Waals surface area contributed by atoms with E-state index in [4.69, 9.17) is 5.73 Å². The van der Waals surface area contributed by atoms with Crippen molar-refractivity contribution in [2.24, 2.45) is 5.73 Å². The molecule has 12 nitrogen and oxygen atoms in total. The highest BCUT2D eigenvalue weighted by atomic mass is 19.4. The SMILES string of the molecule is NC(CNC(=O)C(O)Cc1ccc([N+](=O)[O-])cc1)C(=O)CNC(=O)CNC(=O)C(F)(F)F. The van der Waals surface area contributed by atoms with Crippen LogP contribution in [-0.2, 0) is 25.6 Å². The van der Waals surface area contributed by atoms with Crippen LogP contribution in [0.2, 0.25) is 0 Å². The van der Waals surface area contributed by atoms with E-state index in [0.717, 1.165) is 0 Å². The number of Topliss-reactive ketones (excluding diaryl/α,β-unsaturated/α-hetero) is 1. The number of nitrogens with zero attached hydrogens (tertiary/aromatic N) is 1. The predicted octanol–water partition coefficient (Wildman–Crippen LogP) is -1.69. The zero-order chi connectivity index (χ0) is 24.5. The Kier molecular flexibility index (Phi) is 9.68. The Morgan fingerprint density at radius 3 is 2.19 bits per heavy atom. The van der Waals surface area contributed by atoms with E-state index in [-0.39, 0.29) is 12.1 Å². The molecule has 0 aliphatic heterocycles. The molecule has 176 valence electrons. The van der Waals surface area contributed by atoms with Gasteiger partial charge in [0.1, 0.15) is 6.10 Å². The van der Waals surface area contributed by atoms with E-state index in [0.29, 0.717) is 5.56 Å². The van der Waals surface area contributed by atoms with Crippen LogP contribution in [-0.4, -0.2) is 71.5 Å². The van der Waals surface area contributed by atoms with E-state index < -0.39 is 66.4 Å². The van der Waals surface area contributed by atoms with Crippen LogP contribution in [0.5, 0.6) is 0 Å². The molecule has 0 heterocycles. The lowest BCUT2D eigenvalue weighted by Crippen LogP contribution is -2.49. The Morgan fingerprint density at radius 2 is 1.66 bits per heavy atom. The van der Waals surface area contributed by atoms with Crippen molar-refractivity contribution in [2.45, 2.75) is 24.7 Å². The number of alkyl halides is 3. The number of benzene rings is 1. The van der Waals surface area contributed by atoms with Gasteiger partial charge in [0.2, 0.25) is 11.8 Å². The molecule has 0 spiro atoms. The topological polar surface area (TPSA) is 194 Å². The zero-order valence-electron chi connectivity index (χ0n) is 16.3. The number of non-ortho nitro benzene ring substituents is 1. The summed E-state index contributed by atoms with van der Waals surface area (Å²) in [6.45, 7) is -2.08. The smallest absolute Gasteiger partial charge is 0.383 e. The van der Waals surface area contributed by atoms with Crippen molar-refractivity contribution in [3.8, 4) is 0 Å². The summed E-state index contributed by atoms with van der Waals surface area (Å²) in [5.41, 5.74) is 5.83. The molecule has 3 amide bonds. The fourth-order valence-corrected chi connectivity index (χ4v) is 2.15. The molecule has 1 aromatic rings. The van der Waals surface area contributed by atoms with E-state index in [1.54, 1.807) is 0 Å². The van der Waals surface area contributed by atoms with Crippen LogP contribution in [0, 0.1) is 10.1 Å². The Bertz CT molecular complexity index is 861. The number of nitro groups is 1. The maximum absolute atomic E-state index is 12.0. The molecular formula is C17H20F3N5O7. The van der Waals surface area contributed by atoms with Crippen molar-refractivity contribution < 1.29 is 42.4 Å². The summed E-state index contributed by atoms with van der Waals surface area (Å²) in [5.74, 6) is -5.02. The molecule has 0 aliphatic rings. The van der Waals surface area contributed by atoms with Gasteiger partial charge in [0.25, 0.3) is 5.69 Å². The second kappa shape index (κ2) is 11.7. The minimum Gasteiger partial charge on any atom is -0.383 e. The average molecular weight is 463 g/mol. The summed E-state index contributed by atoms with van der Waals surface area (Å²) in [7, 11) is 0. The number of carbonyl (C=O) groups excluding carboxylic acids is 4. The van der Waals surface area contributed by atoms with Crippen LogP contribution in [0.3, 0.4) is 0 Å². The lowest BCUT2D eigenvalue weighted by molar-refractivity contribution is -0.384. The van der Waals surface area contributed by atoms with Crippen LogP contribution in [0.1, 0.15) is 5.56 Å². The fraction of sp³-hybridized carbons (Fsp3) is 0.412. The van der Waals surface area contributed by atoms with Crippen LogP contribution in [0.15, 0.2) is 24.3 Å². The van der Waals surface area contributed by atoms with Crippen LogP contribution in [0.25, 0.3) is 0 Å². The molecule has 1 aromatic carbocycles. The molecular weight excluding hydrogens is 443 g/mol. The molecule has 6 N–H and O–H groups in total. The molecule has 2 atom stereocenters. The molecule has 0 fully saturated rings. The Hall–Kier alpha value is -3.59. The number of nitrogens with two attached hydrogens (primary N) is 1. The molecule has 2 unspecified atom stereocenters. The quantitative estimate of drug-likeness (QED) is 0.189. The Morgan fingerprint density at radius 1 is 1.06 bits per heavy atom. The first-order chi connectivity index (χ1) is 14.8. The van der Waals surface area contributed by atoms with Crippen molar-refractivity contribution in [1.29, 1.82) is 0 Å². The van der Waals surface area contributed by atoms with E-state index in [9.17, 15) is 47.6 Å². The minimum absolute atomic E-state index is 0.160. The number of aliphatic hydroxyl groups excluding tert-OH is 1. The van der Waals surface area contributed by atoms with E-state index in [1.165, 1.54) is 29.6 Å². The lowest BCUT2D eigenvalue weighted by atomic mass is 10.1. The van der Waals surface area contributed by atoms with Crippen LogP contribution in [0.4, 0.5) is 18.9 Å². The normalized spacial score (nSPS) is 12.9. The highest BCUT2D eigenvalue weighted by molar-refractivity contribution is 5.92. The molecule has 32 heavy (non-hydrogen) atoms. The van der Waals surface area contributed by atoms with E-state index in [1.807, 2.05) is 5.32 Å². The van der Waals surface area contributed by atoms with Gasteiger partial charge < -0.3 is 26.8 Å².